The molecule has 0 aromatic rings. The van der Waals surface area contributed by atoms with Crippen LogP contribution in [0.2, 0.25) is 0 Å². The third kappa shape index (κ3) is 3.81. The molecule has 90 valence electrons. The number of hydrogen-bond acceptors (Lipinski definition) is 0. The first-order valence-electron chi connectivity index (χ1n) is 6.93. The van der Waals surface area contributed by atoms with Crippen LogP contribution in [0.15, 0.2) is 0 Å². The second kappa shape index (κ2) is 5.37. The van der Waals surface area contributed by atoms with Gasteiger partial charge in [0.2, 0.25) is 0 Å². The Morgan fingerprint density at radius 2 is 1.53 bits per heavy atom. The van der Waals surface area contributed by atoms with E-state index in [4.69, 9.17) is 0 Å². The minimum atomic E-state index is 0.856. The molecule has 0 heterocycles. The highest BCUT2D eigenvalue weighted by atomic mass is 14.5. The van der Waals surface area contributed by atoms with Crippen molar-refractivity contribution in [3.8, 4) is 0 Å². The fraction of sp³-hybridized carbons (Fsp3) is 1.00. The van der Waals surface area contributed by atoms with Crippen molar-refractivity contribution < 1.29 is 0 Å². The lowest BCUT2D eigenvalue weighted by Crippen LogP contribution is -2.20. The van der Waals surface area contributed by atoms with Crippen LogP contribution in [-0.2, 0) is 0 Å². The Hall–Kier alpha value is 0. The molecule has 0 aliphatic heterocycles. The van der Waals surface area contributed by atoms with Crippen LogP contribution >= 0.6 is 0 Å². The third-order valence-corrected chi connectivity index (χ3v) is 4.53. The van der Waals surface area contributed by atoms with Gasteiger partial charge in [0.15, 0.2) is 0 Å². The van der Waals surface area contributed by atoms with Crippen molar-refractivity contribution in [2.75, 3.05) is 0 Å². The summed E-state index contributed by atoms with van der Waals surface area (Å²) < 4.78 is 0. The van der Waals surface area contributed by atoms with Crippen molar-refractivity contribution in [1.29, 1.82) is 0 Å². The van der Waals surface area contributed by atoms with Crippen LogP contribution in [0.5, 0.6) is 0 Å². The summed E-state index contributed by atoms with van der Waals surface area (Å²) in [5.74, 6) is 5.72. The van der Waals surface area contributed by atoms with E-state index in [1.165, 1.54) is 19.3 Å². The third-order valence-electron chi connectivity index (χ3n) is 4.53. The van der Waals surface area contributed by atoms with Gasteiger partial charge in [-0.3, -0.25) is 0 Å². The second-order valence-electron chi connectivity index (χ2n) is 6.62. The van der Waals surface area contributed by atoms with Crippen LogP contribution < -0.4 is 0 Å². The van der Waals surface area contributed by atoms with Crippen LogP contribution in [0.4, 0.5) is 0 Å². The monoisotopic (exact) mass is 210 g/mol. The second-order valence-corrected chi connectivity index (χ2v) is 6.62. The van der Waals surface area contributed by atoms with Gasteiger partial charge in [-0.1, -0.05) is 48.0 Å². The largest absolute Gasteiger partial charge is 0.0628 e. The lowest BCUT2D eigenvalue weighted by molar-refractivity contribution is 0.215. The van der Waals surface area contributed by atoms with Crippen LogP contribution in [0.1, 0.15) is 60.8 Å². The summed E-state index contributed by atoms with van der Waals surface area (Å²) in [4.78, 5) is 0. The van der Waals surface area contributed by atoms with E-state index in [1.54, 1.807) is 0 Å². The van der Waals surface area contributed by atoms with Crippen LogP contribution in [0, 0.1) is 35.5 Å². The number of rotatable bonds is 6. The summed E-state index contributed by atoms with van der Waals surface area (Å²) >= 11 is 0. The summed E-state index contributed by atoms with van der Waals surface area (Å²) in [5, 5.41) is 0. The summed E-state index contributed by atoms with van der Waals surface area (Å²) in [5.41, 5.74) is 0. The van der Waals surface area contributed by atoms with E-state index >= 15 is 0 Å². The quantitative estimate of drug-likeness (QED) is 0.579. The molecule has 0 nitrogen and oxygen atoms in total. The fourth-order valence-corrected chi connectivity index (χ4v) is 2.83. The normalized spacial score (nSPS) is 29.6. The molecule has 0 aromatic carbocycles. The molecule has 0 heteroatoms. The van der Waals surface area contributed by atoms with E-state index in [-0.39, 0.29) is 0 Å². The summed E-state index contributed by atoms with van der Waals surface area (Å²) in [6.07, 6.45) is 4.39. The van der Waals surface area contributed by atoms with Gasteiger partial charge >= 0.3 is 0 Å². The maximum Gasteiger partial charge on any atom is -0.0355 e. The first-order valence-corrected chi connectivity index (χ1v) is 6.93. The topological polar surface area (TPSA) is 0 Å². The van der Waals surface area contributed by atoms with E-state index in [1.807, 2.05) is 0 Å². The van der Waals surface area contributed by atoms with Gasteiger partial charge in [0, 0.05) is 0 Å². The predicted molar refractivity (Wildman–Crippen MR) is 68.8 cm³/mol. The SMILES string of the molecule is CC(C)CCC(C(C)C(C)C)C1CC1C. The Morgan fingerprint density at radius 1 is 1.00 bits per heavy atom. The zero-order valence-corrected chi connectivity index (χ0v) is 11.6. The predicted octanol–water partition coefficient (Wildman–Crippen LogP) is 4.99. The van der Waals surface area contributed by atoms with Crippen molar-refractivity contribution in [2.24, 2.45) is 35.5 Å². The Kier molecular flexibility index (Phi) is 4.67. The summed E-state index contributed by atoms with van der Waals surface area (Å²) in [6.45, 7) is 14.4. The number of hydrogen-bond donors (Lipinski definition) is 0. The van der Waals surface area contributed by atoms with Crippen molar-refractivity contribution in [3.63, 3.8) is 0 Å². The molecule has 15 heavy (non-hydrogen) atoms. The Morgan fingerprint density at radius 3 is 1.87 bits per heavy atom. The van der Waals surface area contributed by atoms with Crippen molar-refractivity contribution in [3.05, 3.63) is 0 Å². The Bertz CT molecular complexity index is 180. The summed E-state index contributed by atoms with van der Waals surface area (Å²) in [7, 11) is 0. The van der Waals surface area contributed by atoms with Crippen molar-refractivity contribution >= 4 is 0 Å². The van der Waals surface area contributed by atoms with Crippen LogP contribution in [0.25, 0.3) is 0 Å². The molecule has 0 saturated heterocycles. The van der Waals surface area contributed by atoms with Gasteiger partial charge in [-0.15, -0.1) is 0 Å². The smallest absolute Gasteiger partial charge is 0.0355 e. The minimum absolute atomic E-state index is 0.856. The molecular weight excluding hydrogens is 180 g/mol. The van der Waals surface area contributed by atoms with E-state index < -0.39 is 0 Å². The van der Waals surface area contributed by atoms with Gasteiger partial charge in [-0.25, -0.2) is 0 Å². The highest BCUT2D eigenvalue weighted by Crippen LogP contribution is 2.49. The highest BCUT2D eigenvalue weighted by Gasteiger charge is 2.41. The molecule has 1 aliphatic carbocycles. The minimum Gasteiger partial charge on any atom is -0.0628 e. The molecule has 1 saturated carbocycles. The van der Waals surface area contributed by atoms with Crippen molar-refractivity contribution in [2.45, 2.75) is 60.8 Å². The average Bonchev–Trinajstić information content (AvgIpc) is 2.82. The maximum absolute atomic E-state index is 2.47. The molecule has 0 amide bonds. The van der Waals surface area contributed by atoms with Crippen molar-refractivity contribution in [1.82, 2.24) is 0 Å². The molecule has 0 radical (unpaired) electrons. The van der Waals surface area contributed by atoms with E-state index in [0.29, 0.717) is 0 Å². The molecule has 4 unspecified atom stereocenters. The van der Waals surface area contributed by atoms with Gasteiger partial charge in [0.1, 0.15) is 0 Å². The first-order chi connectivity index (χ1) is 6.93. The molecule has 1 fully saturated rings. The molecule has 0 aromatic heterocycles. The highest BCUT2D eigenvalue weighted by molar-refractivity contribution is 4.91. The van der Waals surface area contributed by atoms with Gasteiger partial charge in [0.25, 0.3) is 0 Å². The maximum atomic E-state index is 2.47. The van der Waals surface area contributed by atoms with Gasteiger partial charge < -0.3 is 0 Å². The van der Waals surface area contributed by atoms with Gasteiger partial charge in [-0.05, 0) is 48.3 Å². The molecule has 1 aliphatic rings. The van der Waals surface area contributed by atoms with Crippen LogP contribution in [0.3, 0.4) is 0 Å². The molecule has 0 spiro atoms. The first kappa shape index (κ1) is 13.1. The summed E-state index contributed by atoms with van der Waals surface area (Å²) in [6, 6.07) is 0. The molecule has 0 N–H and O–H groups in total. The Balaban J connectivity index is 2.46. The lowest BCUT2D eigenvalue weighted by atomic mass is 9.78. The van der Waals surface area contributed by atoms with E-state index in [0.717, 1.165) is 35.5 Å². The Labute approximate surface area is 96.8 Å². The zero-order valence-electron chi connectivity index (χ0n) is 11.6. The van der Waals surface area contributed by atoms with E-state index in [2.05, 4.69) is 41.5 Å². The van der Waals surface area contributed by atoms with Gasteiger partial charge in [0.05, 0.1) is 0 Å². The van der Waals surface area contributed by atoms with E-state index in [9.17, 15) is 0 Å². The molecular formula is C15H30. The fourth-order valence-electron chi connectivity index (χ4n) is 2.83. The van der Waals surface area contributed by atoms with Gasteiger partial charge in [-0.2, -0.15) is 0 Å². The molecule has 1 rings (SSSR count). The standard InChI is InChI=1S/C15H30/c1-10(2)7-8-14(13(6)11(3)4)15-9-12(15)5/h10-15H,7-9H2,1-6H3. The average molecular weight is 210 g/mol. The zero-order chi connectivity index (χ0) is 11.6. The lowest BCUT2D eigenvalue weighted by Gasteiger charge is -2.28. The molecule has 0 bridgehead atoms. The molecule has 4 atom stereocenters. The van der Waals surface area contributed by atoms with Crippen LogP contribution in [-0.4, -0.2) is 0 Å².